The standard InChI is InChI=1S/C19H31NO2.C3H8.C2H6/c1-5-9-16(10-6-2)18(20-7-3)14-19(21)22-17-12-8-11-15(4)13-17;1-3-2;1-2/h5-6,9-10,15,17-18,20H,1,7-8,11-14H2,2-4H3;3H2,1-2H3;1-2H3/b10-6-,16-9+;;. The van der Waals surface area contributed by atoms with E-state index in [1.807, 2.05) is 45.9 Å². The molecule has 0 bridgehead atoms. The molecule has 0 saturated heterocycles. The summed E-state index contributed by atoms with van der Waals surface area (Å²) in [4.78, 5) is 12.3. The van der Waals surface area contributed by atoms with E-state index in [1.54, 1.807) is 6.08 Å². The predicted octanol–water partition coefficient (Wildman–Crippen LogP) is 6.61. The Bertz CT molecular complexity index is 426. The quantitative estimate of drug-likeness (QED) is 0.381. The molecule has 1 aliphatic carbocycles. The molecule has 1 N–H and O–H groups in total. The third-order valence-corrected chi connectivity index (χ3v) is 4.08. The molecule has 3 atom stereocenters. The molecule has 1 rings (SSSR count). The number of carbonyl (C=O) groups excluding carboxylic acids is 1. The van der Waals surface area contributed by atoms with Crippen molar-refractivity contribution in [2.24, 2.45) is 5.92 Å². The van der Waals surface area contributed by atoms with Crippen LogP contribution in [0, 0.1) is 5.92 Å². The highest BCUT2D eigenvalue weighted by molar-refractivity contribution is 5.71. The first-order valence-electron chi connectivity index (χ1n) is 10.9. The highest BCUT2D eigenvalue weighted by Gasteiger charge is 2.24. The van der Waals surface area contributed by atoms with Crippen molar-refractivity contribution >= 4 is 5.97 Å². The molecule has 0 spiro atoms. The molecule has 0 amide bonds. The van der Waals surface area contributed by atoms with Gasteiger partial charge in [0, 0.05) is 6.04 Å². The van der Waals surface area contributed by atoms with Crippen LogP contribution >= 0.6 is 0 Å². The number of allylic oxidation sites excluding steroid dienone is 3. The van der Waals surface area contributed by atoms with Crippen molar-refractivity contribution in [1.82, 2.24) is 5.32 Å². The van der Waals surface area contributed by atoms with Crippen LogP contribution in [-0.2, 0) is 9.53 Å². The zero-order valence-corrected chi connectivity index (χ0v) is 19.0. The topological polar surface area (TPSA) is 38.3 Å². The molecule has 0 aromatic heterocycles. The van der Waals surface area contributed by atoms with Crippen molar-refractivity contribution in [2.75, 3.05) is 6.54 Å². The minimum absolute atomic E-state index is 0.0206. The summed E-state index contributed by atoms with van der Waals surface area (Å²) in [6.45, 7) is 19.1. The Morgan fingerprint density at radius 2 is 1.89 bits per heavy atom. The van der Waals surface area contributed by atoms with E-state index in [4.69, 9.17) is 4.74 Å². The van der Waals surface area contributed by atoms with Gasteiger partial charge in [-0.25, -0.2) is 0 Å². The molecule has 0 aromatic carbocycles. The molecule has 0 radical (unpaired) electrons. The van der Waals surface area contributed by atoms with Crippen LogP contribution in [0.4, 0.5) is 0 Å². The predicted molar refractivity (Wildman–Crippen MR) is 120 cm³/mol. The van der Waals surface area contributed by atoms with Gasteiger partial charge in [0.15, 0.2) is 0 Å². The van der Waals surface area contributed by atoms with Crippen molar-refractivity contribution in [3.63, 3.8) is 0 Å². The zero-order chi connectivity index (χ0) is 21.1. The van der Waals surface area contributed by atoms with E-state index >= 15 is 0 Å². The second kappa shape index (κ2) is 19.4. The van der Waals surface area contributed by atoms with Crippen LogP contribution < -0.4 is 5.32 Å². The fraction of sp³-hybridized carbons (Fsp3) is 0.708. The number of hydrogen-bond donors (Lipinski definition) is 1. The second-order valence-electron chi connectivity index (χ2n) is 6.81. The van der Waals surface area contributed by atoms with Crippen molar-refractivity contribution < 1.29 is 9.53 Å². The molecule has 27 heavy (non-hydrogen) atoms. The number of hydrogen-bond acceptors (Lipinski definition) is 3. The van der Waals surface area contributed by atoms with Crippen LogP contribution in [-0.4, -0.2) is 24.7 Å². The van der Waals surface area contributed by atoms with Gasteiger partial charge in [0.05, 0.1) is 6.42 Å². The number of ether oxygens (including phenoxy) is 1. The van der Waals surface area contributed by atoms with Gasteiger partial charge in [-0.05, 0) is 44.2 Å². The summed E-state index contributed by atoms with van der Waals surface area (Å²) in [5.74, 6) is 0.555. The van der Waals surface area contributed by atoms with Crippen molar-refractivity contribution in [2.45, 2.75) is 99.1 Å². The van der Waals surface area contributed by atoms with E-state index in [9.17, 15) is 4.79 Å². The minimum atomic E-state index is -0.107. The fourth-order valence-corrected chi connectivity index (χ4v) is 3.06. The molecule has 1 aliphatic rings. The summed E-state index contributed by atoms with van der Waals surface area (Å²) in [5, 5.41) is 3.36. The van der Waals surface area contributed by atoms with Crippen LogP contribution in [0.1, 0.15) is 87.0 Å². The summed E-state index contributed by atoms with van der Waals surface area (Å²) >= 11 is 0. The van der Waals surface area contributed by atoms with Gasteiger partial charge in [0.25, 0.3) is 0 Å². The van der Waals surface area contributed by atoms with Gasteiger partial charge < -0.3 is 10.1 Å². The van der Waals surface area contributed by atoms with Gasteiger partial charge in [0.2, 0.25) is 0 Å². The van der Waals surface area contributed by atoms with E-state index in [1.165, 1.54) is 12.8 Å². The SMILES string of the molecule is C=C/C=C(\C=C/C)C(CC(=O)OC1CCCC(C)C1)NCC.CC.CCC. The van der Waals surface area contributed by atoms with Crippen LogP contribution in [0.2, 0.25) is 0 Å². The molecule has 1 saturated carbocycles. The average Bonchev–Trinajstić information content (AvgIpc) is 2.63. The summed E-state index contributed by atoms with van der Waals surface area (Å²) in [5.41, 5.74) is 1.06. The molecule has 158 valence electrons. The van der Waals surface area contributed by atoms with Crippen LogP contribution in [0.15, 0.2) is 36.5 Å². The first-order valence-corrected chi connectivity index (χ1v) is 10.9. The van der Waals surface area contributed by atoms with Crippen LogP contribution in [0.5, 0.6) is 0 Å². The van der Waals surface area contributed by atoms with Gasteiger partial charge in [-0.1, -0.05) is 85.3 Å². The van der Waals surface area contributed by atoms with E-state index in [0.29, 0.717) is 12.3 Å². The second-order valence-corrected chi connectivity index (χ2v) is 6.81. The Morgan fingerprint density at radius 3 is 2.37 bits per heavy atom. The monoisotopic (exact) mass is 379 g/mol. The van der Waals surface area contributed by atoms with Crippen LogP contribution in [0.3, 0.4) is 0 Å². The number of nitrogens with one attached hydrogen (secondary N) is 1. The summed E-state index contributed by atoms with van der Waals surface area (Å²) in [7, 11) is 0. The van der Waals surface area contributed by atoms with Gasteiger partial charge in [-0.2, -0.15) is 0 Å². The highest BCUT2D eigenvalue weighted by atomic mass is 16.5. The number of carbonyl (C=O) groups is 1. The number of esters is 1. The number of rotatable bonds is 8. The fourth-order valence-electron chi connectivity index (χ4n) is 3.06. The van der Waals surface area contributed by atoms with E-state index < -0.39 is 0 Å². The molecule has 1 fully saturated rings. The molecule has 3 heteroatoms. The third kappa shape index (κ3) is 14.4. The first-order chi connectivity index (χ1) is 13.0. The molecule has 3 nitrogen and oxygen atoms in total. The molecule has 0 heterocycles. The lowest BCUT2D eigenvalue weighted by Crippen LogP contribution is -2.34. The maximum Gasteiger partial charge on any atom is 0.307 e. The maximum absolute atomic E-state index is 12.3. The van der Waals surface area contributed by atoms with E-state index in [-0.39, 0.29) is 18.1 Å². The lowest BCUT2D eigenvalue weighted by molar-refractivity contribution is -0.151. The molecular formula is C24H45NO2. The van der Waals surface area contributed by atoms with Crippen molar-refractivity contribution in [3.8, 4) is 0 Å². The third-order valence-electron chi connectivity index (χ3n) is 4.08. The lowest BCUT2D eigenvalue weighted by atomic mass is 9.88. The van der Waals surface area contributed by atoms with Crippen molar-refractivity contribution in [3.05, 3.63) is 36.5 Å². The zero-order valence-electron chi connectivity index (χ0n) is 19.0. The molecule has 3 unspecified atom stereocenters. The van der Waals surface area contributed by atoms with Gasteiger partial charge in [-0.15, -0.1) is 0 Å². The Labute approximate surface area is 169 Å². The Hall–Kier alpha value is -1.35. The molecule has 0 aliphatic heterocycles. The minimum Gasteiger partial charge on any atom is -0.462 e. The molecular weight excluding hydrogens is 334 g/mol. The summed E-state index contributed by atoms with van der Waals surface area (Å²) < 4.78 is 5.69. The Morgan fingerprint density at radius 1 is 1.26 bits per heavy atom. The van der Waals surface area contributed by atoms with E-state index in [0.717, 1.165) is 31.4 Å². The molecule has 0 aromatic rings. The smallest absolute Gasteiger partial charge is 0.307 e. The largest absolute Gasteiger partial charge is 0.462 e. The Kier molecular flexibility index (Phi) is 20.0. The first kappa shape index (κ1) is 27.9. The van der Waals surface area contributed by atoms with E-state index in [2.05, 4.69) is 32.7 Å². The van der Waals surface area contributed by atoms with Gasteiger partial charge >= 0.3 is 5.97 Å². The van der Waals surface area contributed by atoms with Crippen LogP contribution in [0.25, 0.3) is 0 Å². The van der Waals surface area contributed by atoms with Crippen molar-refractivity contribution in [1.29, 1.82) is 0 Å². The lowest BCUT2D eigenvalue weighted by Gasteiger charge is -2.27. The summed E-state index contributed by atoms with van der Waals surface area (Å²) in [6, 6.07) is -0.0206. The van der Waals surface area contributed by atoms with Gasteiger partial charge in [-0.3, -0.25) is 4.79 Å². The summed E-state index contributed by atoms with van der Waals surface area (Å²) in [6.07, 6.45) is 13.8. The highest BCUT2D eigenvalue weighted by Crippen LogP contribution is 2.26. The normalized spacial score (nSPS) is 20.6. The Balaban J connectivity index is 0. The average molecular weight is 380 g/mol. The number of likely N-dealkylation sites (N-methyl/N-ethyl adjacent to an activating group) is 1. The maximum atomic E-state index is 12.3. The van der Waals surface area contributed by atoms with Gasteiger partial charge in [0.1, 0.15) is 6.10 Å².